The fraction of sp³-hybridized carbons (Fsp3) is 0.0667. The molecule has 110 valence electrons. The van der Waals surface area contributed by atoms with E-state index >= 15 is 0 Å². The summed E-state index contributed by atoms with van der Waals surface area (Å²) in [6.07, 6.45) is 3.66. The molecule has 0 atom stereocenters. The molecule has 0 aliphatic carbocycles. The maximum Gasteiger partial charge on any atom is 0.258 e. The van der Waals surface area contributed by atoms with Crippen LogP contribution in [0.25, 0.3) is 11.5 Å². The van der Waals surface area contributed by atoms with E-state index in [1.807, 2.05) is 36.6 Å². The van der Waals surface area contributed by atoms with Crippen LogP contribution in [0.2, 0.25) is 0 Å². The molecule has 0 radical (unpaired) electrons. The number of nitrogens with zero attached hydrogens (tertiary/aromatic N) is 3. The first-order valence-corrected chi connectivity index (χ1v) is 7.78. The number of benzene rings is 1. The highest BCUT2D eigenvalue weighted by Gasteiger charge is 2.11. The summed E-state index contributed by atoms with van der Waals surface area (Å²) in [6.45, 7) is 0. The van der Waals surface area contributed by atoms with E-state index in [4.69, 9.17) is 0 Å². The number of hydrogen-bond acceptors (Lipinski definition) is 5. The van der Waals surface area contributed by atoms with Crippen molar-refractivity contribution in [3.63, 3.8) is 0 Å². The minimum Gasteiger partial charge on any atom is -0.289 e. The maximum absolute atomic E-state index is 12.1. The SMILES string of the molecule is CSc1ccc(C(=O)Nc2n[nH]c(-c3ccccn3)n2)cc1. The molecule has 22 heavy (non-hydrogen) atoms. The van der Waals surface area contributed by atoms with Gasteiger partial charge in [0, 0.05) is 16.7 Å². The molecule has 0 unspecified atom stereocenters. The summed E-state index contributed by atoms with van der Waals surface area (Å²) in [6, 6.07) is 12.8. The molecule has 2 heterocycles. The van der Waals surface area contributed by atoms with Crippen molar-refractivity contribution in [3.8, 4) is 11.5 Å². The molecule has 0 fully saturated rings. The second-order valence-electron chi connectivity index (χ2n) is 4.41. The molecule has 3 rings (SSSR count). The van der Waals surface area contributed by atoms with E-state index in [0.29, 0.717) is 17.1 Å². The van der Waals surface area contributed by atoms with Crippen LogP contribution in [-0.4, -0.2) is 32.3 Å². The molecular formula is C15H13N5OS. The Morgan fingerprint density at radius 1 is 1.18 bits per heavy atom. The summed E-state index contributed by atoms with van der Waals surface area (Å²) >= 11 is 1.63. The molecule has 0 saturated heterocycles. The van der Waals surface area contributed by atoms with Crippen LogP contribution in [0.1, 0.15) is 10.4 Å². The number of rotatable bonds is 4. The summed E-state index contributed by atoms with van der Waals surface area (Å²) in [7, 11) is 0. The van der Waals surface area contributed by atoms with Crippen molar-refractivity contribution in [1.29, 1.82) is 0 Å². The lowest BCUT2D eigenvalue weighted by atomic mass is 10.2. The van der Waals surface area contributed by atoms with Gasteiger partial charge in [-0.3, -0.25) is 20.2 Å². The summed E-state index contributed by atoms with van der Waals surface area (Å²) < 4.78 is 0. The lowest BCUT2D eigenvalue weighted by Crippen LogP contribution is -2.12. The van der Waals surface area contributed by atoms with Crippen LogP contribution >= 0.6 is 11.8 Å². The van der Waals surface area contributed by atoms with Gasteiger partial charge in [-0.05, 0) is 42.7 Å². The number of H-pyrrole nitrogens is 1. The molecule has 0 spiro atoms. The topological polar surface area (TPSA) is 83.6 Å². The van der Waals surface area contributed by atoms with Crippen molar-refractivity contribution < 1.29 is 4.79 Å². The fourth-order valence-corrected chi connectivity index (χ4v) is 2.26. The second kappa shape index (κ2) is 6.40. The predicted molar refractivity (Wildman–Crippen MR) is 85.8 cm³/mol. The Balaban J connectivity index is 1.73. The zero-order valence-corrected chi connectivity index (χ0v) is 12.6. The molecule has 2 aromatic heterocycles. The van der Waals surface area contributed by atoms with E-state index in [0.717, 1.165) is 4.90 Å². The van der Waals surface area contributed by atoms with Gasteiger partial charge in [0.25, 0.3) is 5.91 Å². The van der Waals surface area contributed by atoms with E-state index in [1.165, 1.54) is 0 Å². The summed E-state index contributed by atoms with van der Waals surface area (Å²) in [5, 5.41) is 9.39. The highest BCUT2D eigenvalue weighted by Crippen LogP contribution is 2.16. The van der Waals surface area contributed by atoms with E-state index in [9.17, 15) is 4.79 Å². The van der Waals surface area contributed by atoms with Crippen molar-refractivity contribution in [2.24, 2.45) is 0 Å². The van der Waals surface area contributed by atoms with E-state index in [2.05, 4.69) is 25.5 Å². The number of aromatic amines is 1. The van der Waals surface area contributed by atoms with Crippen molar-refractivity contribution in [1.82, 2.24) is 20.2 Å². The van der Waals surface area contributed by atoms with Gasteiger partial charge in [0.05, 0.1) is 0 Å². The Morgan fingerprint density at radius 2 is 2.00 bits per heavy atom. The lowest BCUT2D eigenvalue weighted by molar-refractivity contribution is 0.102. The number of thioether (sulfide) groups is 1. The summed E-state index contributed by atoms with van der Waals surface area (Å²) in [5.74, 6) is 0.479. The molecule has 0 saturated carbocycles. The van der Waals surface area contributed by atoms with Gasteiger partial charge < -0.3 is 0 Å². The molecule has 0 aliphatic heterocycles. The maximum atomic E-state index is 12.1. The molecule has 2 N–H and O–H groups in total. The fourth-order valence-electron chi connectivity index (χ4n) is 1.85. The van der Waals surface area contributed by atoms with Crippen LogP contribution in [0.15, 0.2) is 53.6 Å². The summed E-state index contributed by atoms with van der Waals surface area (Å²) in [5.41, 5.74) is 1.22. The number of carbonyl (C=O) groups excluding carboxylic acids is 1. The van der Waals surface area contributed by atoms with Crippen LogP contribution in [0.4, 0.5) is 5.95 Å². The monoisotopic (exact) mass is 311 g/mol. The van der Waals surface area contributed by atoms with Gasteiger partial charge in [0.2, 0.25) is 5.95 Å². The van der Waals surface area contributed by atoms with E-state index in [1.54, 1.807) is 30.1 Å². The van der Waals surface area contributed by atoms with Gasteiger partial charge in [-0.15, -0.1) is 16.9 Å². The minimum absolute atomic E-state index is 0.222. The molecule has 1 aromatic carbocycles. The second-order valence-corrected chi connectivity index (χ2v) is 5.28. The van der Waals surface area contributed by atoms with E-state index < -0.39 is 0 Å². The first-order chi connectivity index (χ1) is 10.8. The third-order valence-corrected chi connectivity index (χ3v) is 3.71. The van der Waals surface area contributed by atoms with Gasteiger partial charge in [-0.1, -0.05) is 6.07 Å². The number of pyridine rings is 1. The third-order valence-electron chi connectivity index (χ3n) is 2.97. The molecule has 1 amide bonds. The number of hydrogen-bond donors (Lipinski definition) is 2. The number of anilines is 1. The van der Waals surface area contributed by atoms with Gasteiger partial charge in [0.15, 0.2) is 5.82 Å². The Hall–Kier alpha value is -2.67. The smallest absolute Gasteiger partial charge is 0.258 e. The molecule has 0 aliphatic rings. The Morgan fingerprint density at radius 3 is 2.68 bits per heavy atom. The van der Waals surface area contributed by atoms with Gasteiger partial charge in [-0.2, -0.15) is 4.98 Å². The van der Waals surface area contributed by atoms with Crippen molar-refractivity contribution >= 4 is 23.6 Å². The standard InChI is InChI=1S/C15H13N5OS/c1-22-11-7-5-10(6-8-11)14(21)18-15-17-13(19-20-15)12-4-2-3-9-16-12/h2-9H,1H3,(H2,17,18,19,20,21). The zero-order chi connectivity index (χ0) is 15.4. The average Bonchev–Trinajstić information content (AvgIpc) is 3.04. The van der Waals surface area contributed by atoms with Gasteiger partial charge >= 0.3 is 0 Å². The highest BCUT2D eigenvalue weighted by atomic mass is 32.2. The normalized spacial score (nSPS) is 10.4. The molecular weight excluding hydrogens is 298 g/mol. The Labute approximate surface area is 131 Å². The molecule has 0 bridgehead atoms. The van der Waals surface area contributed by atoms with Gasteiger partial charge in [0.1, 0.15) is 5.69 Å². The third kappa shape index (κ3) is 3.15. The first-order valence-electron chi connectivity index (χ1n) is 6.55. The Kier molecular flexibility index (Phi) is 4.15. The number of aromatic nitrogens is 4. The quantitative estimate of drug-likeness (QED) is 0.724. The summed E-state index contributed by atoms with van der Waals surface area (Å²) in [4.78, 5) is 21.6. The van der Waals surface area contributed by atoms with Crippen LogP contribution in [0.3, 0.4) is 0 Å². The van der Waals surface area contributed by atoms with Crippen molar-refractivity contribution in [2.45, 2.75) is 4.90 Å². The first kappa shape index (κ1) is 14.3. The average molecular weight is 311 g/mol. The van der Waals surface area contributed by atoms with Crippen LogP contribution < -0.4 is 5.32 Å². The van der Waals surface area contributed by atoms with Crippen LogP contribution in [0.5, 0.6) is 0 Å². The van der Waals surface area contributed by atoms with Gasteiger partial charge in [-0.25, -0.2) is 0 Å². The molecule has 6 nitrogen and oxygen atoms in total. The predicted octanol–water partition coefficient (Wildman–Crippen LogP) is 2.84. The minimum atomic E-state index is -0.251. The largest absolute Gasteiger partial charge is 0.289 e. The highest BCUT2D eigenvalue weighted by molar-refractivity contribution is 7.98. The van der Waals surface area contributed by atoms with Crippen molar-refractivity contribution in [2.75, 3.05) is 11.6 Å². The number of carbonyl (C=O) groups is 1. The zero-order valence-electron chi connectivity index (χ0n) is 11.8. The molecule has 3 aromatic rings. The number of nitrogens with one attached hydrogen (secondary N) is 2. The van der Waals surface area contributed by atoms with Crippen LogP contribution in [0, 0.1) is 0 Å². The van der Waals surface area contributed by atoms with Crippen LogP contribution in [-0.2, 0) is 0 Å². The number of amides is 1. The molecule has 7 heteroatoms. The Bertz CT molecular complexity index is 770. The lowest BCUT2D eigenvalue weighted by Gasteiger charge is -2.01. The van der Waals surface area contributed by atoms with E-state index in [-0.39, 0.29) is 11.9 Å². The van der Waals surface area contributed by atoms with Crippen molar-refractivity contribution in [3.05, 3.63) is 54.2 Å².